The van der Waals surface area contributed by atoms with Crippen molar-refractivity contribution >= 4 is 11.8 Å². The molecule has 0 saturated carbocycles. The van der Waals surface area contributed by atoms with E-state index in [1.54, 1.807) is 0 Å². The number of carboxylic acid groups (broad SMARTS) is 1. The van der Waals surface area contributed by atoms with Crippen molar-refractivity contribution in [2.75, 3.05) is 6.54 Å². The molecule has 5 heteroatoms. The Morgan fingerprint density at radius 2 is 1.92 bits per heavy atom. The predicted octanol–water partition coefficient (Wildman–Crippen LogP) is -0.904. The summed E-state index contributed by atoms with van der Waals surface area (Å²) in [7, 11) is 0. The number of hydrogen-bond acceptors (Lipinski definition) is 4. The van der Waals surface area contributed by atoms with Crippen molar-refractivity contribution in [2.24, 2.45) is 11.5 Å². The zero-order valence-corrected chi connectivity index (χ0v) is 6.82. The van der Waals surface area contributed by atoms with Crippen molar-refractivity contribution in [1.29, 1.82) is 0 Å². The van der Waals surface area contributed by atoms with Gasteiger partial charge in [0.1, 0.15) is 0 Å². The molecule has 0 radical (unpaired) electrons. The Kier molecular flexibility index (Phi) is 5.23. The van der Waals surface area contributed by atoms with Crippen LogP contribution in [0.15, 0.2) is 0 Å². The molecule has 5 nitrogen and oxygen atoms in total. The third kappa shape index (κ3) is 4.81. The molecule has 0 spiro atoms. The molecular formula is C7H14N2O3. The topological polar surface area (TPSA) is 106 Å². The molecule has 0 saturated heterocycles. The third-order valence-electron chi connectivity index (χ3n) is 1.48. The number of ketones is 1. The molecule has 0 bridgehead atoms. The minimum atomic E-state index is -0.899. The van der Waals surface area contributed by atoms with Crippen molar-refractivity contribution in [1.82, 2.24) is 0 Å². The number of hydrogen-bond donors (Lipinski definition) is 3. The molecule has 0 aromatic carbocycles. The Balaban J connectivity index is 3.50. The van der Waals surface area contributed by atoms with Gasteiger partial charge in [0.05, 0.1) is 6.04 Å². The standard InChI is InChI=1S/C7H14N2O3/c8-4-5(9)6(10)2-1-3-7(11)12/h5H,1-4,8-9H2,(H,11,12)/t5-/m1/s1. The van der Waals surface area contributed by atoms with E-state index in [9.17, 15) is 9.59 Å². The van der Waals surface area contributed by atoms with Crippen LogP contribution in [0.25, 0.3) is 0 Å². The van der Waals surface area contributed by atoms with Crippen molar-refractivity contribution in [3.63, 3.8) is 0 Å². The van der Waals surface area contributed by atoms with Crippen LogP contribution in [0.5, 0.6) is 0 Å². The second kappa shape index (κ2) is 5.68. The van der Waals surface area contributed by atoms with Crippen molar-refractivity contribution in [2.45, 2.75) is 25.3 Å². The van der Waals surface area contributed by atoms with E-state index in [2.05, 4.69) is 0 Å². The average molecular weight is 174 g/mol. The van der Waals surface area contributed by atoms with Gasteiger partial charge in [-0.05, 0) is 6.42 Å². The van der Waals surface area contributed by atoms with Gasteiger partial charge in [0.25, 0.3) is 0 Å². The van der Waals surface area contributed by atoms with Gasteiger partial charge in [-0.3, -0.25) is 9.59 Å². The maximum atomic E-state index is 11.0. The molecule has 0 amide bonds. The number of carbonyl (C=O) groups excluding carboxylic acids is 1. The first-order chi connectivity index (χ1) is 5.57. The van der Waals surface area contributed by atoms with E-state index >= 15 is 0 Å². The molecule has 0 aliphatic heterocycles. The van der Waals surface area contributed by atoms with E-state index in [1.165, 1.54) is 0 Å². The van der Waals surface area contributed by atoms with Crippen LogP contribution in [0.3, 0.4) is 0 Å². The highest BCUT2D eigenvalue weighted by molar-refractivity contribution is 5.84. The highest BCUT2D eigenvalue weighted by Gasteiger charge is 2.11. The molecule has 0 fully saturated rings. The van der Waals surface area contributed by atoms with Crippen LogP contribution in [-0.4, -0.2) is 29.4 Å². The zero-order valence-electron chi connectivity index (χ0n) is 6.82. The van der Waals surface area contributed by atoms with Crippen molar-refractivity contribution in [3.8, 4) is 0 Å². The first-order valence-electron chi connectivity index (χ1n) is 3.78. The van der Waals surface area contributed by atoms with Gasteiger partial charge in [-0.15, -0.1) is 0 Å². The van der Waals surface area contributed by atoms with Gasteiger partial charge in [-0.1, -0.05) is 0 Å². The summed E-state index contributed by atoms with van der Waals surface area (Å²) in [5.41, 5.74) is 10.5. The monoisotopic (exact) mass is 174 g/mol. The summed E-state index contributed by atoms with van der Waals surface area (Å²) in [4.78, 5) is 21.0. The normalized spacial score (nSPS) is 12.5. The fraction of sp³-hybridized carbons (Fsp3) is 0.714. The van der Waals surface area contributed by atoms with Crippen LogP contribution in [0, 0.1) is 0 Å². The van der Waals surface area contributed by atoms with Crippen LogP contribution in [0.4, 0.5) is 0 Å². The molecule has 0 aliphatic carbocycles. The zero-order chi connectivity index (χ0) is 9.56. The van der Waals surface area contributed by atoms with E-state index < -0.39 is 12.0 Å². The summed E-state index contributed by atoms with van der Waals surface area (Å²) in [5.74, 6) is -1.07. The molecule has 0 rings (SSSR count). The Morgan fingerprint density at radius 3 is 2.33 bits per heavy atom. The Labute approximate surface area is 70.7 Å². The number of rotatable bonds is 6. The van der Waals surface area contributed by atoms with Gasteiger partial charge >= 0.3 is 5.97 Å². The van der Waals surface area contributed by atoms with Crippen LogP contribution in [-0.2, 0) is 9.59 Å². The van der Waals surface area contributed by atoms with E-state index in [4.69, 9.17) is 16.6 Å². The maximum absolute atomic E-state index is 11.0. The molecule has 0 heterocycles. The first kappa shape index (κ1) is 11.1. The SMILES string of the molecule is NC[C@@H](N)C(=O)CCCC(=O)O. The molecule has 0 aromatic heterocycles. The minimum Gasteiger partial charge on any atom is -0.481 e. The Morgan fingerprint density at radius 1 is 1.33 bits per heavy atom. The van der Waals surface area contributed by atoms with E-state index in [1.807, 2.05) is 0 Å². The van der Waals surface area contributed by atoms with Crippen LogP contribution in [0.1, 0.15) is 19.3 Å². The minimum absolute atomic E-state index is 0.00301. The summed E-state index contributed by atoms with van der Waals surface area (Å²) in [6.07, 6.45) is 0.537. The second-order valence-electron chi connectivity index (χ2n) is 2.56. The number of Topliss-reactive ketones (excluding diaryl/α,β-unsaturated/α-hetero) is 1. The van der Waals surface area contributed by atoms with Crippen LogP contribution >= 0.6 is 0 Å². The molecule has 12 heavy (non-hydrogen) atoms. The lowest BCUT2D eigenvalue weighted by molar-refractivity contribution is -0.137. The fourth-order valence-corrected chi connectivity index (χ4v) is 0.731. The molecular weight excluding hydrogens is 160 g/mol. The molecule has 5 N–H and O–H groups in total. The first-order valence-corrected chi connectivity index (χ1v) is 3.78. The number of nitrogens with two attached hydrogens (primary N) is 2. The highest BCUT2D eigenvalue weighted by atomic mass is 16.4. The molecule has 70 valence electrons. The molecule has 1 atom stereocenters. The summed E-state index contributed by atoms with van der Waals surface area (Å²) < 4.78 is 0. The second-order valence-corrected chi connectivity index (χ2v) is 2.56. The highest BCUT2D eigenvalue weighted by Crippen LogP contribution is 1.97. The van der Waals surface area contributed by atoms with E-state index in [0.29, 0.717) is 6.42 Å². The van der Waals surface area contributed by atoms with Gasteiger partial charge in [-0.2, -0.15) is 0 Å². The van der Waals surface area contributed by atoms with Gasteiger partial charge < -0.3 is 16.6 Å². The number of carbonyl (C=O) groups is 2. The van der Waals surface area contributed by atoms with Gasteiger partial charge in [0.15, 0.2) is 5.78 Å². The summed E-state index contributed by atoms with van der Waals surface area (Å²) in [6.45, 7) is 0.117. The van der Waals surface area contributed by atoms with Gasteiger partial charge in [0.2, 0.25) is 0 Å². The largest absolute Gasteiger partial charge is 0.481 e. The van der Waals surface area contributed by atoms with Crippen LogP contribution < -0.4 is 11.5 Å². The van der Waals surface area contributed by atoms with Crippen molar-refractivity contribution < 1.29 is 14.7 Å². The Bertz CT molecular complexity index is 170. The van der Waals surface area contributed by atoms with E-state index in [-0.39, 0.29) is 25.2 Å². The number of carboxylic acids is 1. The smallest absolute Gasteiger partial charge is 0.303 e. The van der Waals surface area contributed by atoms with Gasteiger partial charge in [-0.25, -0.2) is 0 Å². The summed E-state index contributed by atoms with van der Waals surface area (Å²) in [5, 5.41) is 8.25. The Hall–Kier alpha value is -0.940. The molecule has 0 unspecified atom stereocenters. The third-order valence-corrected chi connectivity index (χ3v) is 1.48. The quantitative estimate of drug-likeness (QED) is 0.483. The number of aliphatic carboxylic acids is 1. The lowest BCUT2D eigenvalue weighted by atomic mass is 10.1. The van der Waals surface area contributed by atoms with E-state index in [0.717, 1.165) is 0 Å². The summed E-state index contributed by atoms with van der Waals surface area (Å²) in [6, 6.07) is -0.640. The maximum Gasteiger partial charge on any atom is 0.303 e. The van der Waals surface area contributed by atoms with Gasteiger partial charge in [0, 0.05) is 19.4 Å². The molecule has 0 aliphatic rings. The van der Waals surface area contributed by atoms with Crippen molar-refractivity contribution in [3.05, 3.63) is 0 Å². The lowest BCUT2D eigenvalue weighted by Gasteiger charge is -2.05. The lowest BCUT2D eigenvalue weighted by Crippen LogP contribution is -2.37. The average Bonchev–Trinajstić information content (AvgIpc) is 2.02. The predicted molar refractivity (Wildman–Crippen MR) is 43.5 cm³/mol. The fourth-order valence-electron chi connectivity index (χ4n) is 0.731. The van der Waals surface area contributed by atoms with Crippen LogP contribution in [0.2, 0.25) is 0 Å². The summed E-state index contributed by atoms with van der Waals surface area (Å²) >= 11 is 0. The molecule has 0 aromatic rings.